The smallest absolute Gasteiger partial charge is 0.370 e. The van der Waals surface area contributed by atoms with E-state index in [2.05, 4.69) is 26.0 Å². The molecular formula is C9H9BrF3NO2S. The monoisotopic (exact) mass is 331 g/mol. The highest BCUT2D eigenvalue weighted by atomic mass is 79.9. The maximum Gasteiger partial charge on any atom is 0.411 e. The molecule has 17 heavy (non-hydrogen) atoms. The summed E-state index contributed by atoms with van der Waals surface area (Å²) in [6.07, 6.45) is -4.33. The zero-order chi connectivity index (χ0) is 12.9. The number of hydrogen-bond acceptors (Lipinski definition) is 3. The third-order valence-corrected chi connectivity index (χ3v) is 3.13. The van der Waals surface area contributed by atoms with Gasteiger partial charge in [0.2, 0.25) is 0 Å². The molecule has 1 rings (SSSR count). The van der Waals surface area contributed by atoms with Crippen molar-refractivity contribution in [3.8, 4) is 0 Å². The van der Waals surface area contributed by atoms with E-state index in [1.54, 1.807) is 11.4 Å². The number of halogens is 4. The van der Waals surface area contributed by atoms with E-state index >= 15 is 0 Å². The molecule has 0 unspecified atom stereocenters. The number of carbonyl (C=O) groups excluding carboxylic acids is 1. The Morgan fingerprint density at radius 3 is 2.76 bits per heavy atom. The molecule has 0 fully saturated rings. The molecule has 0 saturated carbocycles. The Bertz CT molecular complexity index is 381. The molecule has 96 valence electrons. The highest BCUT2D eigenvalue weighted by molar-refractivity contribution is 9.11. The molecule has 0 atom stereocenters. The molecule has 3 nitrogen and oxygen atoms in total. The van der Waals surface area contributed by atoms with Crippen molar-refractivity contribution in [1.82, 2.24) is 5.32 Å². The zero-order valence-electron chi connectivity index (χ0n) is 8.51. The van der Waals surface area contributed by atoms with Crippen LogP contribution >= 0.6 is 27.3 Å². The van der Waals surface area contributed by atoms with Crippen LogP contribution in [0.4, 0.5) is 13.2 Å². The van der Waals surface area contributed by atoms with Gasteiger partial charge in [-0.15, -0.1) is 11.3 Å². The average Bonchev–Trinajstić information content (AvgIpc) is 2.62. The third-order valence-electron chi connectivity index (χ3n) is 1.63. The van der Waals surface area contributed by atoms with Crippen LogP contribution in [0.15, 0.2) is 15.2 Å². The van der Waals surface area contributed by atoms with Gasteiger partial charge in [-0.1, -0.05) is 0 Å². The number of rotatable bonds is 5. The molecule has 0 aliphatic rings. The average molecular weight is 332 g/mol. The Morgan fingerprint density at radius 2 is 2.24 bits per heavy atom. The molecule has 0 spiro atoms. The van der Waals surface area contributed by atoms with Crippen LogP contribution in [0.3, 0.4) is 0 Å². The topological polar surface area (TPSA) is 38.3 Å². The minimum atomic E-state index is -4.33. The Labute approximate surface area is 108 Å². The van der Waals surface area contributed by atoms with Crippen molar-refractivity contribution in [1.29, 1.82) is 0 Å². The second kappa shape index (κ2) is 6.36. The van der Waals surface area contributed by atoms with Gasteiger partial charge in [-0.05, 0) is 22.0 Å². The normalized spacial score (nSPS) is 11.5. The van der Waals surface area contributed by atoms with Gasteiger partial charge in [-0.3, -0.25) is 4.79 Å². The van der Waals surface area contributed by atoms with Crippen molar-refractivity contribution in [2.75, 3.05) is 19.8 Å². The quantitative estimate of drug-likeness (QED) is 0.842. The van der Waals surface area contributed by atoms with Crippen LogP contribution in [0.1, 0.15) is 10.4 Å². The Hall–Kier alpha value is -0.600. The molecule has 1 aromatic heterocycles. The lowest BCUT2D eigenvalue weighted by Gasteiger charge is -2.07. The SMILES string of the molecule is O=C(NCCOCC(F)(F)F)c1csc(Br)c1. The van der Waals surface area contributed by atoms with E-state index in [0.717, 1.165) is 3.79 Å². The highest BCUT2D eigenvalue weighted by Crippen LogP contribution is 2.20. The first-order valence-electron chi connectivity index (χ1n) is 4.55. The molecule has 1 amide bonds. The van der Waals surface area contributed by atoms with E-state index in [-0.39, 0.29) is 19.1 Å². The van der Waals surface area contributed by atoms with E-state index in [0.29, 0.717) is 5.56 Å². The van der Waals surface area contributed by atoms with Crippen molar-refractivity contribution in [2.45, 2.75) is 6.18 Å². The van der Waals surface area contributed by atoms with Crippen LogP contribution in [-0.2, 0) is 4.74 Å². The summed E-state index contributed by atoms with van der Waals surface area (Å²) in [6.45, 7) is -1.42. The summed E-state index contributed by atoms with van der Waals surface area (Å²) >= 11 is 4.56. The van der Waals surface area contributed by atoms with Crippen molar-refractivity contribution in [3.63, 3.8) is 0 Å². The Morgan fingerprint density at radius 1 is 1.53 bits per heavy atom. The first kappa shape index (κ1) is 14.5. The molecule has 1 aromatic rings. The number of carbonyl (C=O) groups is 1. The lowest BCUT2D eigenvalue weighted by Crippen LogP contribution is -2.28. The molecular weight excluding hydrogens is 323 g/mol. The molecule has 0 saturated heterocycles. The van der Waals surface area contributed by atoms with Crippen molar-refractivity contribution >= 4 is 33.2 Å². The van der Waals surface area contributed by atoms with Crippen molar-refractivity contribution in [3.05, 3.63) is 20.8 Å². The van der Waals surface area contributed by atoms with E-state index in [4.69, 9.17) is 0 Å². The lowest BCUT2D eigenvalue weighted by molar-refractivity contribution is -0.173. The number of thiophene rings is 1. The van der Waals surface area contributed by atoms with Gasteiger partial charge < -0.3 is 10.1 Å². The highest BCUT2D eigenvalue weighted by Gasteiger charge is 2.27. The van der Waals surface area contributed by atoms with Crippen LogP contribution in [0.25, 0.3) is 0 Å². The maximum absolute atomic E-state index is 11.7. The largest absolute Gasteiger partial charge is 0.411 e. The number of nitrogens with one attached hydrogen (secondary N) is 1. The Balaban J connectivity index is 2.17. The summed E-state index contributed by atoms with van der Waals surface area (Å²) in [4.78, 5) is 11.4. The van der Waals surface area contributed by atoms with Crippen LogP contribution in [0.5, 0.6) is 0 Å². The van der Waals surface area contributed by atoms with Gasteiger partial charge in [-0.25, -0.2) is 0 Å². The van der Waals surface area contributed by atoms with E-state index in [9.17, 15) is 18.0 Å². The predicted molar refractivity (Wildman–Crippen MR) is 61.2 cm³/mol. The Kier molecular flexibility index (Phi) is 5.41. The van der Waals surface area contributed by atoms with Gasteiger partial charge in [-0.2, -0.15) is 13.2 Å². The van der Waals surface area contributed by atoms with E-state index < -0.39 is 12.8 Å². The second-order valence-corrected chi connectivity index (χ2v) is 5.35. The summed E-state index contributed by atoms with van der Waals surface area (Å²) in [5, 5.41) is 4.10. The maximum atomic E-state index is 11.7. The molecule has 1 heterocycles. The molecule has 0 radical (unpaired) electrons. The fraction of sp³-hybridized carbons (Fsp3) is 0.444. The molecule has 0 aliphatic carbocycles. The standard InChI is InChI=1S/C9H9BrF3NO2S/c10-7-3-6(4-17-7)8(15)14-1-2-16-5-9(11,12)13/h3-4H,1-2,5H2,(H,14,15). The zero-order valence-corrected chi connectivity index (χ0v) is 10.9. The number of alkyl halides is 3. The lowest BCUT2D eigenvalue weighted by atomic mass is 10.3. The summed E-state index contributed by atoms with van der Waals surface area (Å²) in [5.74, 6) is -0.331. The minimum Gasteiger partial charge on any atom is -0.370 e. The van der Waals surface area contributed by atoms with Crippen molar-refractivity contribution in [2.24, 2.45) is 0 Å². The summed E-state index contributed by atoms with van der Waals surface area (Å²) < 4.78 is 40.2. The van der Waals surface area contributed by atoms with Crippen LogP contribution in [-0.4, -0.2) is 31.8 Å². The summed E-state index contributed by atoms with van der Waals surface area (Å²) in [5.41, 5.74) is 0.470. The third kappa shape index (κ3) is 6.04. The van der Waals surface area contributed by atoms with Gasteiger partial charge in [0.25, 0.3) is 5.91 Å². The summed E-state index contributed by atoms with van der Waals surface area (Å²) in [6, 6.07) is 1.64. The minimum absolute atomic E-state index is 0.0440. The molecule has 0 aromatic carbocycles. The molecule has 1 N–H and O–H groups in total. The van der Waals surface area contributed by atoms with Gasteiger partial charge in [0, 0.05) is 11.9 Å². The van der Waals surface area contributed by atoms with Crippen LogP contribution < -0.4 is 5.32 Å². The fourth-order valence-electron chi connectivity index (χ4n) is 0.956. The number of ether oxygens (including phenoxy) is 1. The van der Waals surface area contributed by atoms with Crippen LogP contribution in [0, 0.1) is 0 Å². The van der Waals surface area contributed by atoms with E-state index in [1.165, 1.54) is 11.3 Å². The predicted octanol–water partition coefficient (Wildman–Crippen LogP) is 2.82. The van der Waals surface area contributed by atoms with Gasteiger partial charge in [0.1, 0.15) is 6.61 Å². The molecule has 0 bridgehead atoms. The van der Waals surface area contributed by atoms with Gasteiger partial charge >= 0.3 is 6.18 Å². The fourth-order valence-corrected chi connectivity index (χ4v) is 2.09. The number of amides is 1. The molecule has 0 aliphatic heterocycles. The first-order valence-corrected chi connectivity index (χ1v) is 6.22. The number of hydrogen-bond donors (Lipinski definition) is 1. The second-order valence-electron chi connectivity index (χ2n) is 3.06. The van der Waals surface area contributed by atoms with Crippen molar-refractivity contribution < 1.29 is 22.7 Å². The van der Waals surface area contributed by atoms with E-state index in [1.807, 2.05) is 0 Å². The first-order chi connectivity index (χ1) is 7.88. The van der Waals surface area contributed by atoms with Gasteiger partial charge in [0.15, 0.2) is 0 Å². The molecule has 8 heteroatoms. The van der Waals surface area contributed by atoms with Crippen LogP contribution in [0.2, 0.25) is 0 Å². The van der Waals surface area contributed by atoms with Gasteiger partial charge in [0.05, 0.1) is 16.0 Å². The summed E-state index contributed by atoms with van der Waals surface area (Å²) in [7, 11) is 0.